The van der Waals surface area contributed by atoms with Crippen LogP contribution in [0.5, 0.6) is 0 Å². The fourth-order valence-corrected chi connectivity index (χ4v) is 4.78. The van der Waals surface area contributed by atoms with Crippen molar-refractivity contribution in [2.75, 3.05) is 37.4 Å². The summed E-state index contributed by atoms with van der Waals surface area (Å²) in [4.78, 5) is 23.0. The van der Waals surface area contributed by atoms with E-state index in [4.69, 9.17) is 0 Å². The molecule has 5 nitrogen and oxygen atoms in total. The molecule has 2 aromatic rings. The number of nitrogens with zero attached hydrogens (tertiary/aromatic N) is 3. The second-order valence-corrected chi connectivity index (χ2v) is 9.17. The molecule has 164 valence electrons. The highest BCUT2D eigenvalue weighted by Gasteiger charge is 2.27. The van der Waals surface area contributed by atoms with E-state index in [2.05, 4.69) is 39.7 Å². The first-order chi connectivity index (χ1) is 15.2. The molecule has 1 aliphatic heterocycles. The summed E-state index contributed by atoms with van der Waals surface area (Å²) in [6.07, 6.45) is 5.56. The van der Waals surface area contributed by atoms with Crippen LogP contribution in [0.25, 0.3) is 0 Å². The predicted molar refractivity (Wildman–Crippen MR) is 131 cm³/mol. The van der Waals surface area contributed by atoms with Gasteiger partial charge < -0.3 is 9.62 Å². The van der Waals surface area contributed by atoms with Gasteiger partial charge in [-0.25, -0.2) is 0 Å². The van der Waals surface area contributed by atoms with E-state index < -0.39 is 0 Å². The number of piperazine rings is 1. The SMILES string of the molecule is CC=Nc1c(CC)cccc1SNc1ccc(C(=O)N2CCN(CC3CC3)CC2)cc1. The lowest BCUT2D eigenvalue weighted by Gasteiger charge is -2.34. The molecule has 2 aromatic carbocycles. The molecule has 1 N–H and O–H groups in total. The molecule has 2 fully saturated rings. The van der Waals surface area contributed by atoms with Gasteiger partial charge in [-0.15, -0.1) is 0 Å². The predicted octanol–water partition coefficient (Wildman–Crippen LogP) is 5.26. The second-order valence-electron chi connectivity index (χ2n) is 8.32. The third-order valence-electron chi connectivity index (χ3n) is 6.01. The molecular formula is C25H32N4OS. The number of carbonyl (C=O) groups is 1. The molecule has 0 aromatic heterocycles. The minimum Gasteiger partial charge on any atom is -0.336 e. The van der Waals surface area contributed by atoms with E-state index in [1.54, 1.807) is 11.9 Å². The van der Waals surface area contributed by atoms with Gasteiger partial charge >= 0.3 is 0 Å². The summed E-state index contributed by atoms with van der Waals surface area (Å²) in [7, 11) is 0. The summed E-state index contributed by atoms with van der Waals surface area (Å²) < 4.78 is 3.40. The van der Waals surface area contributed by atoms with Crippen molar-refractivity contribution >= 4 is 35.4 Å². The van der Waals surface area contributed by atoms with Crippen molar-refractivity contribution in [1.82, 2.24) is 9.80 Å². The Hall–Kier alpha value is -2.31. The highest BCUT2D eigenvalue weighted by atomic mass is 32.2. The summed E-state index contributed by atoms with van der Waals surface area (Å²) in [6, 6.07) is 14.1. The van der Waals surface area contributed by atoms with Gasteiger partial charge in [0.2, 0.25) is 0 Å². The molecule has 0 radical (unpaired) electrons. The molecule has 2 aliphatic rings. The van der Waals surface area contributed by atoms with E-state index in [1.807, 2.05) is 42.3 Å². The number of para-hydroxylation sites is 1. The zero-order valence-corrected chi connectivity index (χ0v) is 19.3. The summed E-state index contributed by atoms with van der Waals surface area (Å²) in [5, 5.41) is 0. The number of anilines is 1. The van der Waals surface area contributed by atoms with Gasteiger partial charge in [-0.1, -0.05) is 19.1 Å². The summed E-state index contributed by atoms with van der Waals surface area (Å²) in [6.45, 7) is 8.96. The lowest BCUT2D eigenvalue weighted by atomic mass is 10.1. The number of aryl methyl sites for hydroxylation is 1. The molecule has 1 heterocycles. The fraction of sp³-hybridized carbons (Fsp3) is 0.440. The van der Waals surface area contributed by atoms with Gasteiger partial charge in [0.05, 0.1) is 10.6 Å². The van der Waals surface area contributed by atoms with Gasteiger partial charge in [0, 0.05) is 50.2 Å². The number of nitrogens with one attached hydrogen (secondary N) is 1. The maximum absolute atomic E-state index is 12.9. The molecule has 1 saturated heterocycles. The van der Waals surface area contributed by atoms with Crippen LogP contribution in [0.3, 0.4) is 0 Å². The highest BCUT2D eigenvalue weighted by molar-refractivity contribution is 8.00. The average molecular weight is 437 g/mol. The summed E-state index contributed by atoms with van der Waals surface area (Å²) in [5.74, 6) is 1.05. The van der Waals surface area contributed by atoms with Crippen LogP contribution >= 0.6 is 11.9 Å². The number of amides is 1. The van der Waals surface area contributed by atoms with Crippen molar-refractivity contribution in [3.05, 3.63) is 53.6 Å². The number of carbonyl (C=O) groups excluding carboxylic acids is 1. The topological polar surface area (TPSA) is 47.9 Å². The monoisotopic (exact) mass is 436 g/mol. The molecule has 1 saturated carbocycles. The van der Waals surface area contributed by atoms with Gasteiger partial charge in [-0.3, -0.25) is 14.7 Å². The largest absolute Gasteiger partial charge is 0.336 e. The summed E-state index contributed by atoms with van der Waals surface area (Å²) in [5.41, 5.74) is 4.00. The Kier molecular flexibility index (Phi) is 7.30. The number of aliphatic imine (C=N–C) groups is 1. The Morgan fingerprint density at radius 2 is 1.87 bits per heavy atom. The minimum absolute atomic E-state index is 0.139. The van der Waals surface area contributed by atoms with Crippen LogP contribution in [-0.2, 0) is 6.42 Å². The molecule has 31 heavy (non-hydrogen) atoms. The van der Waals surface area contributed by atoms with E-state index in [1.165, 1.54) is 24.9 Å². The fourth-order valence-electron chi connectivity index (χ4n) is 3.99. The second kappa shape index (κ2) is 10.3. The quantitative estimate of drug-likeness (QED) is 0.453. The van der Waals surface area contributed by atoms with Crippen LogP contribution in [-0.4, -0.2) is 54.6 Å². The lowest BCUT2D eigenvalue weighted by molar-refractivity contribution is 0.0632. The highest BCUT2D eigenvalue weighted by Crippen LogP contribution is 2.34. The van der Waals surface area contributed by atoms with Crippen molar-refractivity contribution in [3.8, 4) is 0 Å². The van der Waals surface area contributed by atoms with Crippen molar-refractivity contribution in [3.63, 3.8) is 0 Å². The van der Waals surface area contributed by atoms with E-state index >= 15 is 0 Å². The summed E-state index contributed by atoms with van der Waals surface area (Å²) >= 11 is 1.56. The first-order valence-corrected chi connectivity index (χ1v) is 12.1. The van der Waals surface area contributed by atoms with Gasteiger partial charge in [0.15, 0.2) is 0 Å². The van der Waals surface area contributed by atoms with Gasteiger partial charge in [-0.05, 0) is 79.9 Å². The van der Waals surface area contributed by atoms with Crippen molar-refractivity contribution in [2.24, 2.45) is 10.9 Å². The van der Waals surface area contributed by atoms with Gasteiger partial charge in [0.25, 0.3) is 5.91 Å². The van der Waals surface area contributed by atoms with E-state index in [0.717, 1.165) is 60.4 Å². The van der Waals surface area contributed by atoms with Gasteiger partial charge in [-0.2, -0.15) is 0 Å². The van der Waals surface area contributed by atoms with Crippen LogP contribution in [0.1, 0.15) is 42.6 Å². The average Bonchev–Trinajstić information content (AvgIpc) is 3.63. The van der Waals surface area contributed by atoms with Crippen molar-refractivity contribution in [1.29, 1.82) is 0 Å². The van der Waals surface area contributed by atoms with Gasteiger partial charge in [0.1, 0.15) is 0 Å². The number of rotatable bonds is 8. The Morgan fingerprint density at radius 1 is 1.13 bits per heavy atom. The molecule has 0 spiro atoms. The smallest absolute Gasteiger partial charge is 0.253 e. The molecular weight excluding hydrogens is 404 g/mol. The molecule has 0 unspecified atom stereocenters. The minimum atomic E-state index is 0.139. The molecule has 1 aliphatic carbocycles. The molecule has 6 heteroatoms. The molecule has 4 rings (SSSR count). The van der Waals surface area contributed by atoms with Crippen LogP contribution in [0.2, 0.25) is 0 Å². The Balaban J connectivity index is 1.33. The van der Waals surface area contributed by atoms with E-state index in [-0.39, 0.29) is 5.91 Å². The molecule has 0 bridgehead atoms. The van der Waals surface area contributed by atoms with E-state index in [9.17, 15) is 4.79 Å². The van der Waals surface area contributed by atoms with Crippen LogP contribution in [0.4, 0.5) is 11.4 Å². The Bertz CT molecular complexity index is 916. The zero-order valence-electron chi connectivity index (χ0n) is 18.5. The maximum atomic E-state index is 12.9. The molecule has 0 atom stereocenters. The molecule has 1 amide bonds. The Morgan fingerprint density at radius 3 is 2.52 bits per heavy atom. The van der Waals surface area contributed by atoms with Crippen molar-refractivity contribution in [2.45, 2.75) is 38.0 Å². The van der Waals surface area contributed by atoms with Crippen LogP contribution in [0, 0.1) is 5.92 Å². The van der Waals surface area contributed by atoms with E-state index in [0.29, 0.717) is 0 Å². The van der Waals surface area contributed by atoms with Crippen molar-refractivity contribution < 1.29 is 4.79 Å². The first kappa shape index (κ1) is 21.9. The van der Waals surface area contributed by atoms with Crippen LogP contribution in [0.15, 0.2) is 52.4 Å². The third kappa shape index (κ3) is 5.69. The standard InChI is InChI=1S/C25H32N4OS/c1-3-20-6-5-7-23(24(20)26-4-2)31-27-22-12-10-21(11-13-22)25(30)29-16-14-28(15-17-29)18-19-8-9-19/h4-7,10-13,19,27H,3,8-9,14-18H2,1-2H3. The lowest BCUT2D eigenvalue weighted by Crippen LogP contribution is -2.49. The first-order valence-electron chi connectivity index (χ1n) is 11.3. The number of hydrogen-bond acceptors (Lipinski definition) is 5. The maximum Gasteiger partial charge on any atom is 0.253 e. The normalized spacial score (nSPS) is 17.3. The number of benzene rings is 2. The third-order valence-corrected chi connectivity index (χ3v) is 6.89. The Labute approximate surface area is 190 Å². The number of hydrogen-bond donors (Lipinski definition) is 1. The van der Waals surface area contributed by atoms with Crippen LogP contribution < -0.4 is 4.72 Å². The zero-order chi connectivity index (χ0) is 21.6.